The van der Waals surface area contributed by atoms with E-state index in [0.717, 1.165) is 6.42 Å². The molecule has 5 N–H and O–H groups in total. The molecule has 4 nitrogen and oxygen atoms in total. The summed E-state index contributed by atoms with van der Waals surface area (Å²) in [7, 11) is 0. The third kappa shape index (κ3) is 5.26. The van der Waals surface area contributed by atoms with Crippen molar-refractivity contribution >= 4 is 6.34 Å². The second-order valence-electron chi connectivity index (χ2n) is 1.66. The van der Waals surface area contributed by atoms with Gasteiger partial charge >= 0.3 is 0 Å². The highest BCUT2D eigenvalue weighted by molar-refractivity contribution is 5.54. The Labute approximate surface area is 55.3 Å². The average Bonchev–Trinajstić information content (AvgIpc) is 1.89. The lowest BCUT2D eigenvalue weighted by Crippen LogP contribution is -2.23. The Morgan fingerprint density at radius 3 is 2.89 bits per heavy atom. The second kappa shape index (κ2) is 5.53. The van der Waals surface area contributed by atoms with Crippen LogP contribution in [0.5, 0.6) is 0 Å². The lowest BCUT2D eigenvalue weighted by Gasteiger charge is -1.99. The van der Waals surface area contributed by atoms with Gasteiger partial charge in [0, 0.05) is 0 Å². The van der Waals surface area contributed by atoms with E-state index in [0.29, 0.717) is 6.67 Å². The van der Waals surface area contributed by atoms with Crippen LogP contribution in [0.1, 0.15) is 13.3 Å². The van der Waals surface area contributed by atoms with E-state index in [9.17, 15) is 0 Å². The Kier molecular flexibility index (Phi) is 5.15. The van der Waals surface area contributed by atoms with Crippen LogP contribution in [0.3, 0.4) is 0 Å². The van der Waals surface area contributed by atoms with E-state index in [4.69, 9.17) is 11.5 Å². The van der Waals surface area contributed by atoms with E-state index in [1.807, 2.05) is 6.92 Å². The zero-order valence-corrected chi connectivity index (χ0v) is 5.67. The van der Waals surface area contributed by atoms with Gasteiger partial charge in [0.05, 0.1) is 19.2 Å². The summed E-state index contributed by atoms with van der Waals surface area (Å²) >= 11 is 0. The van der Waals surface area contributed by atoms with Crippen molar-refractivity contribution in [3.63, 3.8) is 0 Å². The van der Waals surface area contributed by atoms with Gasteiger partial charge in [-0.3, -0.25) is 4.99 Å². The molecule has 54 valence electrons. The van der Waals surface area contributed by atoms with Crippen LogP contribution in [0.4, 0.5) is 0 Å². The molecule has 0 amide bonds. The summed E-state index contributed by atoms with van der Waals surface area (Å²) in [6.07, 6.45) is 2.29. The maximum absolute atomic E-state index is 5.44. The third-order valence-electron chi connectivity index (χ3n) is 0.893. The maximum Gasteiger partial charge on any atom is 0.0984 e. The normalized spacial score (nSPS) is 14.1. The molecule has 0 radical (unpaired) electrons. The van der Waals surface area contributed by atoms with Crippen molar-refractivity contribution in [2.45, 2.75) is 19.5 Å². The smallest absolute Gasteiger partial charge is 0.0984 e. The third-order valence-corrected chi connectivity index (χ3v) is 0.893. The molecule has 0 saturated heterocycles. The Morgan fingerprint density at radius 1 is 1.78 bits per heavy atom. The number of nitrogens with two attached hydrogens (primary N) is 2. The van der Waals surface area contributed by atoms with Crippen LogP contribution in [0.15, 0.2) is 4.99 Å². The van der Waals surface area contributed by atoms with Crippen molar-refractivity contribution in [1.82, 2.24) is 5.32 Å². The van der Waals surface area contributed by atoms with Gasteiger partial charge in [-0.25, -0.2) is 0 Å². The van der Waals surface area contributed by atoms with E-state index < -0.39 is 0 Å². The van der Waals surface area contributed by atoms with Crippen molar-refractivity contribution < 1.29 is 0 Å². The first-order valence-corrected chi connectivity index (χ1v) is 3.02. The molecule has 0 unspecified atom stereocenters. The van der Waals surface area contributed by atoms with Gasteiger partial charge in [-0.1, -0.05) is 6.92 Å². The molecule has 4 heteroatoms. The summed E-state index contributed by atoms with van der Waals surface area (Å²) in [6.45, 7) is 2.38. The number of aliphatic imine (C=N–C) groups is 1. The quantitative estimate of drug-likeness (QED) is 0.265. The predicted octanol–water partition coefficient (Wildman–Crippen LogP) is -0.785. The van der Waals surface area contributed by atoms with Gasteiger partial charge in [0.15, 0.2) is 0 Å². The molecule has 0 spiro atoms. The van der Waals surface area contributed by atoms with Crippen LogP contribution < -0.4 is 16.8 Å². The van der Waals surface area contributed by atoms with Crippen molar-refractivity contribution in [3.8, 4) is 0 Å². The fourth-order valence-corrected chi connectivity index (χ4v) is 0.307. The minimum atomic E-state index is -0.0935. The molecule has 0 aliphatic rings. The zero-order chi connectivity index (χ0) is 7.11. The standard InChI is InChI=1S/C5H14N4/c1-2-5(7)9-4-8-3-6/h4-5H,2-3,6-7H2,1H3,(H,8,9)/t5-/m0/s1. The number of nitrogens with zero attached hydrogens (tertiary/aromatic N) is 1. The molecular weight excluding hydrogens is 116 g/mol. The van der Waals surface area contributed by atoms with Gasteiger partial charge in [0.2, 0.25) is 0 Å². The highest BCUT2D eigenvalue weighted by Crippen LogP contribution is 1.83. The number of nitrogens with one attached hydrogen (secondary N) is 1. The molecule has 1 atom stereocenters. The predicted molar refractivity (Wildman–Crippen MR) is 38.9 cm³/mol. The van der Waals surface area contributed by atoms with Crippen LogP contribution >= 0.6 is 0 Å². The molecular formula is C5H14N4. The molecule has 0 rings (SSSR count). The molecule has 0 aromatic heterocycles. The molecule has 0 aromatic rings. The van der Waals surface area contributed by atoms with Crippen molar-refractivity contribution in [3.05, 3.63) is 0 Å². The maximum atomic E-state index is 5.44. The minimum absolute atomic E-state index is 0.0935. The number of rotatable bonds is 4. The summed E-state index contributed by atoms with van der Waals surface area (Å²) in [5, 5.41) is 2.72. The van der Waals surface area contributed by atoms with Crippen molar-refractivity contribution in [1.29, 1.82) is 0 Å². The largest absolute Gasteiger partial charge is 0.364 e. The molecule has 0 aliphatic heterocycles. The number of hydrogen-bond donors (Lipinski definition) is 3. The van der Waals surface area contributed by atoms with E-state index in [-0.39, 0.29) is 6.17 Å². The SMILES string of the molecule is CC[C@@H](N)/N=C\NCN. The Balaban J connectivity index is 3.20. The first-order chi connectivity index (χ1) is 4.31. The Morgan fingerprint density at radius 2 is 2.44 bits per heavy atom. The molecule has 0 bridgehead atoms. The summed E-state index contributed by atoms with van der Waals surface area (Å²) in [6, 6.07) is 0. The fourth-order valence-electron chi connectivity index (χ4n) is 0.307. The fraction of sp³-hybridized carbons (Fsp3) is 0.800. The molecule has 0 saturated carbocycles. The van der Waals surface area contributed by atoms with Crippen molar-refractivity contribution in [2.24, 2.45) is 16.5 Å². The Hall–Kier alpha value is -0.610. The summed E-state index contributed by atoms with van der Waals surface area (Å²) < 4.78 is 0. The minimum Gasteiger partial charge on any atom is -0.364 e. The second-order valence-corrected chi connectivity index (χ2v) is 1.66. The van der Waals surface area contributed by atoms with Crippen LogP contribution in [-0.4, -0.2) is 19.2 Å². The lowest BCUT2D eigenvalue weighted by atomic mass is 10.4. The summed E-state index contributed by atoms with van der Waals surface area (Å²) in [4.78, 5) is 3.89. The topological polar surface area (TPSA) is 76.4 Å². The van der Waals surface area contributed by atoms with Gasteiger partial charge in [0.25, 0.3) is 0 Å². The highest BCUT2D eigenvalue weighted by atomic mass is 15.0. The van der Waals surface area contributed by atoms with Gasteiger partial charge in [-0.05, 0) is 6.42 Å². The first kappa shape index (κ1) is 8.39. The molecule has 0 aromatic carbocycles. The van der Waals surface area contributed by atoms with Gasteiger partial charge in [-0.15, -0.1) is 0 Å². The zero-order valence-electron chi connectivity index (χ0n) is 5.67. The molecule has 0 fully saturated rings. The van der Waals surface area contributed by atoms with Gasteiger partial charge in [0.1, 0.15) is 0 Å². The van der Waals surface area contributed by atoms with E-state index in [2.05, 4.69) is 10.3 Å². The van der Waals surface area contributed by atoms with Crippen molar-refractivity contribution in [2.75, 3.05) is 6.67 Å². The molecule has 9 heavy (non-hydrogen) atoms. The van der Waals surface area contributed by atoms with Gasteiger partial charge in [-0.2, -0.15) is 0 Å². The van der Waals surface area contributed by atoms with Gasteiger partial charge < -0.3 is 16.8 Å². The highest BCUT2D eigenvalue weighted by Gasteiger charge is 1.88. The van der Waals surface area contributed by atoms with E-state index >= 15 is 0 Å². The summed E-state index contributed by atoms with van der Waals surface area (Å²) in [5.41, 5.74) is 10.5. The monoisotopic (exact) mass is 130 g/mol. The first-order valence-electron chi connectivity index (χ1n) is 3.02. The lowest BCUT2D eigenvalue weighted by molar-refractivity contribution is 0.682. The summed E-state index contributed by atoms with van der Waals surface area (Å²) in [5.74, 6) is 0. The Bertz CT molecular complexity index is 81.0. The average molecular weight is 130 g/mol. The van der Waals surface area contributed by atoms with Crippen LogP contribution in [0.2, 0.25) is 0 Å². The molecule has 0 heterocycles. The van der Waals surface area contributed by atoms with Crippen LogP contribution in [-0.2, 0) is 0 Å². The van der Waals surface area contributed by atoms with E-state index in [1.165, 1.54) is 6.34 Å². The van der Waals surface area contributed by atoms with Crippen LogP contribution in [0.25, 0.3) is 0 Å². The van der Waals surface area contributed by atoms with E-state index in [1.54, 1.807) is 0 Å². The molecule has 0 aliphatic carbocycles. The van der Waals surface area contributed by atoms with Crippen LogP contribution in [0, 0.1) is 0 Å². The number of hydrogen-bond acceptors (Lipinski definition) is 3.